The summed E-state index contributed by atoms with van der Waals surface area (Å²) in [6, 6.07) is 0. The number of aliphatic carboxylic acids is 1. The Kier molecular flexibility index (Phi) is 3.86. The SMILES string of the molecule is Cn1cc(C=C2C(=O)N3C(C(=O)[O-])=CSC23)nn1.[Na+]. The zero-order chi connectivity index (χ0) is 12.9. The second-order valence-corrected chi connectivity index (χ2v) is 4.83. The van der Waals surface area contributed by atoms with Crippen LogP contribution in [0.1, 0.15) is 5.69 Å². The van der Waals surface area contributed by atoms with Gasteiger partial charge in [0.15, 0.2) is 0 Å². The standard InChI is InChI=1S/C10H8N4O3S.Na/c1-13-3-5(11-12-13)2-6-8(15)14-7(10(16)17)4-18-9(6)14;/h2-4,9H,1H3,(H,16,17);/q;+1/p-1. The van der Waals surface area contributed by atoms with E-state index in [-0.39, 0.29) is 46.5 Å². The summed E-state index contributed by atoms with van der Waals surface area (Å²) >= 11 is 1.27. The van der Waals surface area contributed by atoms with Gasteiger partial charge >= 0.3 is 29.6 Å². The predicted molar refractivity (Wildman–Crippen MR) is 60.3 cm³/mol. The van der Waals surface area contributed by atoms with E-state index < -0.39 is 5.97 Å². The van der Waals surface area contributed by atoms with Gasteiger partial charge in [0.05, 0.1) is 23.4 Å². The smallest absolute Gasteiger partial charge is 0.543 e. The van der Waals surface area contributed by atoms with E-state index >= 15 is 0 Å². The number of β-lactam (4-membered cyclic amide) rings is 1. The van der Waals surface area contributed by atoms with Gasteiger partial charge in [0.25, 0.3) is 5.91 Å². The van der Waals surface area contributed by atoms with Crippen molar-refractivity contribution in [3.05, 3.63) is 28.6 Å². The molecule has 1 aromatic rings. The molecule has 0 N–H and O–H groups in total. The molecule has 3 rings (SSSR count). The van der Waals surface area contributed by atoms with Crippen LogP contribution in [0.4, 0.5) is 0 Å². The fourth-order valence-electron chi connectivity index (χ4n) is 1.85. The molecule has 0 bridgehead atoms. The van der Waals surface area contributed by atoms with Crippen LogP contribution in [-0.4, -0.2) is 37.1 Å². The number of hydrogen-bond donors (Lipinski definition) is 0. The van der Waals surface area contributed by atoms with Crippen molar-refractivity contribution in [2.24, 2.45) is 7.05 Å². The maximum atomic E-state index is 11.8. The van der Waals surface area contributed by atoms with Gasteiger partial charge in [-0.1, -0.05) is 5.21 Å². The van der Waals surface area contributed by atoms with Gasteiger partial charge in [0.2, 0.25) is 0 Å². The van der Waals surface area contributed by atoms with Crippen molar-refractivity contribution in [3.63, 3.8) is 0 Å². The van der Waals surface area contributed by atoms with Crippen molar-refractivity contribution >= 4 is 29.7 Å². The molecule has 0 radical (unpaired) electrons. The number of thioether (sulfide) groups is 1. The monoisotopic (exact) mass is 286 g/mol. The van der Waals surface area contributed by atoms with Crippen LogP contribution >= 0.6 is 11.8 Å². The summed E-state index contributed by atoms with van der Waals surface area (Å²) in [7, 11) is 1.73. The van der Waals surface area contributed by atoms with E-state index in [0.717, 1.165) is 0 Å². The molecule has 2 aliphatic heterocycles. The number of hydrogen-bond acceptors (Lipinski definition) is 6. The van der Waals surface area contributed by atoms with E-state index in [1.165, 1.54) is 26.8 Å². The molecule has 1 atom stereocenters. The number of carbonyl (C=O) groups is 2. The third-order valence-electron chi connectivity index (χ3n) is 2.67. The number of carboxylic acids is 1. The number of carbonyl (C=O) groups excluding carboxylic acids is 2. The summed E-state index contributed by atoms with van der Waals surface area (Å²) in [5.41, 5.74) is 1.02. The first-order valence-corrected chi connectivity index (χ1v) is 6.00. The molecule has 1 amide bonds. The van der Waals surface area contributed by atoms with Crippen molar-refractivity contribution in [3.8, 4) is 0 Å². The van der Waals surface area contributed by atoms with Gasteiger partial charge in [-0.3, -0.25) is 14.4 Å². The summed E-state index contributed by atoms with van der Waals surface area (Å²) < 4.78 is 1.53. The van der Waals surface area contributed by atoms with E-state index in [2.05, 4.69) is 10.3 Å². The maximum absolute atomic E-state index is 11.8. The molecule has 9 heteroatoms. The molecule has 2 aliphatic rings. The molecular weight excluding hydrogens is 279 g/mol. The first-order chi connectivity index (χ1) is 8.58. The summed E-state index contributed by atoms with van der Waals surface area (Å²) in [5.74, 6) is -1.66. The molecule has 1 saturated heterocycles. The number of amides is 1. The zero-order valence-electron chi connectivity index (χ0n) is 10.2. The molecule has 3 heterocycles. The molecule has 92 valence electrons. The van der Waals surface area contributed by atoms with Gasteiger partial charge in [-0.2, -0.15) is 0 Å². The Hall–Kier alpha value is -1.09. The van der Waals surface area contributed by atoms with Crippen LogP contribution in [0.3, 0.4) is 0 Å². The Balaban J connectivity index is 0.00000133. The van der Waals surface area contributed by atoms with Crippen molar-refractivity contribution in [1.82, 2.24) is 19.9 Å². The number of carboxylic acid groups (broad SMARTS) is 1. The van der Waals surface area contributed by atoms with Crippen LogP contribution in [-0.2, 0) is 16.6 Å². The van der Waals surface area contributed by atoms with E-state index in [1.54, 1.807) is 19.3 Å². The average Bonchev–Trinajstić information content (AvgIpc) is 2.89. The average molecular weight is 286 g/mol. The molecule has 1 unspecified atom stereocenters. The molecular formula is C10H7N4NaO3S. The quantitative estimate of drug-likeness (QED) is 0.310. The molecule has 1 fully saturated rings. The van der Waals surface area contributed by atoms with Crippen LogP contribution in [0.15, 0.2) is 22.9 Å². The Labute approximate surface area is 134 Å². The van der Waals surface area contributed by atoms with E-state index in [1.807, 2.05) is 0 Å². The van der Waals surface area contributed by atoms with Crippen LogP contribution in [0.5, 0.6) is 0 Å². The second kappa shape index (κ2) is 5.12. The number of fused-ring (bicyclic) bond motifs is 1. The fraction of sp³-hybridized carbons (Fsp3) is 0.200. The van der Waals surface area contributed by atoms with Crippen LogP contribution < -0.4 is 34.7 Å². The summed E-state index contributed by atoms with van der Waals surface area (Å²) in [4.78, 5) is 23.8. The normalized spacial score (nSPS) is 22.7. The Morgan fingerprint density at radius 1 is 1.58 bits per heavy atom. The van der Waals surface area contributed by atoms with E-state index in [9.17, 15) is 14.7 Å². The van der Waals surface area contributed by atoms with Crippen molar-refractivity contribution < 1.29 is 44.3 Å². The number of nitrogens with zero attached hydrogens (tertiary/aromatic N) is 4. The van der Waals surface area contributed by atoms with Crippen molar-refractivity contribution in [1.29, 1.82) is 0 Å². The summed E-state index contributed by atoms with van der Waals surface area (Å²) in [5, 5.41) is 19.5. The van der Waals surface area contributed by atoms with Gasteiger partial charge in [0, 0.05) is 7.05 Å². The van der Waals surface area contributed by atoms with Crippen LogP contribution in [0.25, 0.3) is 6.08 Å². The van der Waals surface area contributed by atoms with Crippen LogP contribution in [0.2, 0.25) is 0 Å². The Morgan fingerprint density at radius 3 is 2.89 bits per heavy atom. The molecule has 7 nitrogen and oxygen atoms in total. The zero-order valence-corrected chi connectivity index (χ0v) is 13.0. The van der Waals surface area contributed by atoms with Gasteiger partial charge in [-0.15, -0.1) is 16.9 Å². The molecule has 0 aliphatic carbocycles. The topological polar surface area (TPSA) is 91.2 Å². The van der Waals surface area contributed by atoms with E-state index in [4.69, 9.17) is 0 Å². The number of aryl methyl sites for hydroxylation is 1. The van der Waals surface area contributed by atoms with Gasteiger partial charge < -0.3 is 9.90 Å². The van der Waals surface area contributed by atoms with Gasteiger partial charge in [0.1, 0.15) is 11.1 Å². The molecule has 0 saturated carbocycles. The summed E-state index contributed by atoms with van der Waals surface area (Å²) in [6.07, 6.45) is 3.30. The fourth-order valence-corrected chi connectivity index (χ4v) is 2.96. The Morgan fingerprint density at radius 2 is 2.32 bits per heavy atom. The number of rotatable bonds is 2. The third-order valence-corrected chi connectivity index (χ3v) is 3.75. The molecule has 1 aromatic heterocycles. The minimum absolute atomic E-state index is 0. The first kappa shape index (κ1) is 14.3. The van der Waals surface area contributed by atoms with Crippen LogP contribution in [0, 0.1) is 0 Å². The first-order valence-electron chi connectivity index (χ1n) is 5.06. The molecule has 0 aromatic carbocycles. The summed E-state index contributed by atoms with van der Waals surface area (Å²) in [6.45, 7) is 0. The van der Waals surface area contributed by atoms with Gasteiger partial charge in [-0.05, 0) is 11.5 Å². The third kappa shape index (κ3) is 2.25. The van der Waals surface area contributed by atoms with Gasteiger partial charge in [-0.25, -0.2) is 0 Å². The minimum atomic E-state index is -1.34. The largest absolute Gasteiger partial charge is 1.00 e. The molecule has 0 spiro atoms. The Bertz CT molecular complexity index is 624. The predicted octanol–water partition coefficient (Wildman–Crippen LogP) is -4.29. The number of aromatic nitrogens is 3. The maximum Gasteiger partial charge on any atom is 1.00 e. The van der Waals surface area contributed by atoms with E-state index in [0.29, 0.717) is 11.3 Å². The second-order valence-electron chi connectivity index (χ2n) is 3.87. The van der Waals surface area contributed by atoms with Crippen molar-refractivity contribution in [2.45, 2.75) is 5.37 Å². The molecule has 19 heavy (non-hydrogen) atoms. The minimum Gasteiger partial charge on any atom is -0.543 e. The van der Waals surface area contributed by atoms with Crippen molar-refractivity contribution in [2.75, 3.05) is 0 Å².